The van der Waals surface area contributed by atoms with Crippen molar-refractivity contribution in [2.24, 2.45) is 5.73 Å². The Hall–Kier alpha value is -1.23. The lowest BCUT2D eigenvalue weighted by Crippen LogP contribution is -2.05. The van der Waals surface area contributed by atoms with Gasteiger partial charge in [0.2, 0.25) is 0 Å². The summed E-state index contributed by atoms with van der Waals surface area (Å²) >= 11 is 0. The minimum absolute atomic E-state index is 0.535. The van der Waals surface area contributed by atoms with Crippen LogP contribution in [0.2, 0.25) is 0 Å². The number of nitrogen functional groups attached to an aromatic ring is 2. The number of hydrogen-bond acceptors (Lipinski definition) is 4. The monoisotopic (exact) mass is 183 g/mol. The van der Waals surface area contributed by atoms with E-state index >= 15 is 0 Å². The maximum atomic E-state index is 5.84. The van der Waals surface area contributed by atoms with Gasteiger partial charge in [-0.2, -0.15) is 5.10 Å². The Morgan fingerprint density at radius 3 is 2.54 bits per heavy atom. The summed E-state index contributed by atoms with van der Waals surface area (Å²) < 4.78 is 1.71. The Morgan fingerprint density at radius 1 is 1.38 bits per heavy atom. The van der Waals surface area contributed by atoms with Crippen LogP contribution >= 0.6 is 0 Å². The maximum absolute atomic E-state index is 5.84. The molecule has 0 amide bonds. The van der Waals surface area contributed by atoms with Crippen molar-refractivity contribution in [2.75, 3.05) is 18.0 Å². The summed E-state index contributed by atoms with van der Waals surface area (Å²) in [6.07, 6.45) is 1.71. The molecule has 6 N–H and O–H groups in total. The Kier molecular flexibility index (Phi) is 3.13. The minimum Gasteiger partial charge on any atom is -0.384 e. The molecule has 0 bridgehead atoms. The fourth-order valence-electron chi connectivity index (χ4n) is 1.31. The molecule has 0 atom stereocenters. The van der Waals surface area contributed by atoms with Crippen LogP contribution in [0.5, 0.6) is 0 Å². The van der Waals surface area contributed by atoms with Gasteiger partial charge in [-0.3, -0.25) is 0 Å². The van der Waals surface area contributed by atoms with Crippen LogP contribution in [0.3, 0.4) is 0 Å². The summed E-state index contributed by atoms with van der Waals surface area (Å²) in [5.74, 6) is 1.21. The lowest BCUT2D eigenvalue weighted by molar-refractivity contribution is 0.672. The first-order chi connectivity index (χ1) is 6.20. The highest BCUT2D eigenvalue weighted by molar-refractivity contribution is 5.54. The molecule has 0 aromatic carbocycles. The van der Waals surface area contributed by atoms with E-state index in [1.54, 1.807) is 4.68 Å². The van der Waals surface area contributed by atoms with Gasteiger partial charge in [0, 0.05) is 12.1 Å². The van der Waals surface area contributed by atoms with Gasteiger partial charge in [-0.1, -0.05) is 0 Å². The van der Waals surface area contributed by atoms with Gasteiger partial charge in [0.1, 0.15) is 5.82 Å². The highest BCUT2D eigenvalue weighted by Crippen LogP contribution is 2.20. The fourth-order valence-corrected chi connectivity index (χ4v) is 1.31. The molecule has 0 unspecified atom stereocenters. The van der Waals surface area contributed by atoms with Crippen molar-refractivity contribution in [3.63, 3.8) is 0 Å². The van der Waals surface area contributed by atoms with Crippen molar-refractivity contribution in [2.45, 2.75) is 26.3 Å². The predicted molar refractivity (Wildman–Crippen MR) is 54.1 cm³/mol. The van der Waals surface area contributed by atoms with Gasteiger partial charge in [-0.05, 0) is 26.3 Å². The lowest BCUT2D eigenvalue weighted by atomic mass is 10.1. The first kappa shape index (κ1) is 9.85. The second kappa shape index (κ2) is 4.13. The van der Waals surface area contributed by atoms with E-state index in [9.17, 15) is 0 Å². The predicted octanol–water partition coefficient (Wildman–Crippen LogP) is -0.0413. The van der Waals surface area contributed by atoms with Gasteiger partial charge in [0.05, 0.1) is 0 Å². The number of aryl methyl sites for hydroxylation is 1. The largest absolute Gasteiger partial charge is 0.384 e. The van der Waals surface area contributed by atoms with Crippen molar-refractivity contribution in [1.82, 2.24) is 9.78 Å². The lowest BCUT2D eigenvalue weighted by Gasteiger charge is -2.00. The number of hydrogen-bond donors (Lipinski definition) is 3. The highest BCUT2D eigenvalue weighted by Gasteiger charge is 2.10. The van der Waals surface area contributed by atoms with Crippen molar-refractivity contribution >= 4 is 11.6 Å². The summed E-state index contributed by atoms with van der Waals surface area (Å²) in [5, 5.41) is 4.11. The zero-order valence-corrected chi connectivity index (χ0v) is 7.95. The van der Waals surface area contributed by atoms with Crippen LogP contribution in [-0.2, 0) is 13.0 Å². The van der Waals surface area contributed by atoms with E-state index in [0.29, 0.717) is 18.2 Å². The molecule has 0 aliphatic rings. The molecule has 0 aliphatic heterocycles. The zero-order valence-electron chi connectivity index (χ0n) is 7.95. The van der Waals surface area contributed by atoms with E-state index in [4.69, 9.17) is 17.2 Å². The molecule has 5 heteroatoms. The van der Waals surface area contributed by atoms with Crippen molar-refractivity contribution in [1.29, 1.82) is 0 Å². The first-order valence-corrected chi connectivity index (χ1v) is 4.51. The molecular formula is C8H17N5. The van der Waals surface area contributed by atoms with Gasteiger partial charge in [0.15, 0.2) is 5.82 Å². The van der Waals surface area contributed by atoms with Crippen LogP contribution in [0.15, 0.2) is 0 Å². The second-order valence-electron chi connectivity index (χ2n) is 2.96. The van der Waals surface area contributed by atoms with Gasteiger partial charge >= 0.3 is 0 Å². The Morgan fingerprint density at radius 2 is 2.08 bits per heavy atom. The topological polar surface area (TPSA) is 95.9 Å². The molecule has 0 radical (unpaired) electrons. The number of nitrogens with zero attached hydrogens (tertiary/aromatic N) is 2. The molecule has 1 rings (SSSR count). The highest BCUT2D eigenvalue weighted by atomic mass is 15.3. The molecule has 0 fully saturated rings. The second-order valence-corrected chi connectivity index (χ2v) is 2.96. The quantitative estimate of drug-likeness (QED) is 0.610. The third kappa shape index (κ3) is 1.92. The molecule has 74 valence electrons. The van der Waals surface area contributed by atoms with Crippen molar-refractivity contribution in [3.8, 4) is 0 Å². The minimum atomic E-state index is 0.535. The van der Waals surface area contributed by atoms with Crippen LogP contribution in [-0.4, -0.2) is 16.3 Å². The van der Waals surface area contributed by atoms with Gasteiger partial charge in [0.25, 0.3) is 0 Å². The molecule has 13 heavy (non-hydrogen) atoms. The summed E-state index contributed by atoms with van der Waals surface area (Å²) in [6, 6.07) is 0. The Labute approximate surface area is 77.9 Å². The summed E-state index contributed by atoms with van der Waals surface area (Å²) in [7, 11) is 0. The number of aromatic nitrogens is 2. The third-order valence-electron chi connectivity index (χ3n) is 2.06. The summed E-state index contributed by atoms with van der Waals surface area (Å²) in [6.45, 7) is 3.38. The summed E-state index contributed by atoms with van der Waals surface area (Å²) in [4.78, 5) is 0. The van der Waals surface area contributed by atoms with Crippen LogP contribution in [0.25, 0.3) is 0 Å². The molecule has 1 aromatic heterocycles. The van der Waals surface area contributed by atoms with Crippen LogP contribution < -0.4 is 17.2 Å². The first-order valence-electron chi connectivity index (χ1n) is 4.51. The number of anilines is 2. The molecule has 5 nitrogen and oxygen atoms in total. The van der Waals surface area contributed by atoms with E-state index in [1.165, 1.54) is 0 Å². The van der Waals surface area contributed by atoms with Crippen LogP contribution in [0.1, 0.15) is 18.9 Å². The smallest absolute Gasteiger partial charge is 0.150 e. The Balaban J connectivity index is 2.85. The zero-order chi connectivity index (χ0) is 9.84. The molecular weight excluding hydrogens is 166 g/mol. The average Bonchev–Trinajstić information content (AvgIpc) is 2.39. The van der Waals surface area contributed by atoms with Crippen molar-refractivity contribution < 1.29 is 0 Å². The summed E-state index contributed by atoms with van der Waals surface area (Å²) in [5.41, 5.74) is 17.9. The van der Waals surface area contributed by atoms with Crippen LogP contribution in [0, 0.1) is 0 Å². The standard InChI is InChI=1S/C8H17N5/c1-2-13-8(11)6(4-3-5-9)7(10)12-13/h2-5,9,11H2,1H3,(H2,10,12). The fraction of sp³-hybridized carbons (Fsp3) is 0.625. The van der Waals surface area contributed by atoms with E-state index in [-0.39, 0.29) is 0 Å². The number of nitrogens with two attached hydrogens (primary N) is 3. The van der Waals surface area contributed by atoms with Crippen LogP contribution in [0.4, 0.5) is 11.6 Å². The van der Waals surface area contributed by atoms with E-state index < -0.39 is 0 Å². The SMILES string of the molecule is CCn1nc(N)c(CCCN)c1N. The van der Waals surface area contributed by atoms with Gasteiger partial charge in [-0.15, -0.1) is 0 Å². The van der Waals surface area contributed by atoms with E-state index in [2.05, 4.69) is 5.10 Å². The van der Waals surface area contributed by atoms with Crippen molar-refractivity contribution in [3.05, 3.63) is 5.56 Å². The normalized spacial score (nSPS) is 10.6. The maximum Gasteiger partial charge on any atom is 0.150 e. The number of rotatable bonds is 4. The molecule has 0 aliphatic carbocycles. The molecule has 1 aromatic rings. The van der Waals surface area contributed by atoms with Gasteiger partial charge in [-0.25, -0.2) is 4.68 Å². The molecule has 0 spiro atoms. The molecule has 0 saturated carbocycles. The third-order valence-corrected chi connectivity index (χ3v) is 2.06. The Bertz CT molecular complexity index is 278. The molecule has 1 heterocycles. The van der Waals surface area contributed by atoms with E-state index in [1.807, 2.05) is 6.92 Å². The average molecular weight is 183 g/mol. The molecule has 0 saturated heterocycles. The van der Waals surface area contributed by atoms with E-state index in [0.717, 1.165) is 24.9 Å². The van der Waals surface area contributed by atoms with Gasteiger partial charge < -0.3 is 17.2 Å².